The molecule has 0 fully saturated rings. The van der Waals surface area contributed by atoms with E-state index in [0.29, 0.717) is 15.4 Å². The minimum Gasteiger partial charge on any atom is -0.744 e. The summed E-state index contributed by atoms with van der Waals surface area (Å²) in [7, 11) is -18.8. The number of rotatable bonds is 25. The molecule has 2 N–H and O–H groups in total. The first-order chi connectivity index (χ1) is 34.8. The van der Waals surface area contributed by atoms with Crippen molar-refractivity contribution in [3.8, 4) is 34.3 Å². The van der Waals surface area contributed by atoms with Gasteiger partial charge in [0.2, 0.25) is 22.2 Å². The standard InChI is InChI=1S/C36H30N8O24S6.6Na/c45-33-29(31(35(47)48)41-43(33)22-5-9-24(10-6-22)72(55,56)16-14-64-74(60,61)62)39-37-19-1-11-25(27(17-19)69-67-65-51)26-12-2-20(18-28(26)73(57,58)59)38-40-30-32(36(49)50)42-44(34(30)46)21-3-7-23(8-4-21)71(53,54)15-13-63-70-68-66-52;;;;;;/h1-12,17-18,45-46,51-52H,13-16H2,(H,47,48)(H,49,50)(H,57,58,59)(H,60,61,62);;;;;;/q;6*+1/p-6. The van der Waals surface area contributed by atoms with E-state index >= 15 is 0 Å². The summed E-state index contributed by atoms with van der Waals surface area (Å²) in [6.45, 7) is -1.42. The first kappa shape index (κ1) is 79.1. The number of carbonyl (C=O) groups excluding carboxylic acids is 2. The van der Waals surface area contributed by atoms with Crippen molar-refractivity contribution >= 4 is 99.2 Å². The van der Waals surface area contributed by atoms with Gasteiger partial charge in [0, 0.05) is 10.5 Å². The molecule has 394 valence electrons. The van der Waals surface area contributed by atoms with Crippen LogP contribution in [0, 0.1) is 0 Å². The number of carbonyl (C=O) groups is 2. The Labute approximate surface area is 593 Å². The van der Waals surface area contributed by atoms with Gasteiger partial charge in [-0.15, -0.1) is 14.6 Å². The molecule has 0 unspecified atom stereocenters. The fourth-order valence-electron chi connectivity index (χ4n) is 6.03. The van der Waals surface area contributed by atoms with Gasteiger partial charge in [0.25, 0.3) is 0 Å². The van der Waals surface area contributed by atoms with Gasteiger partial charge >= 0.3 is 177 Å². The van der Waals surface area contributed by atoms with E-state index in [1.165, 1.54) is 0 Å². The third-order valence-corrected chi connectivity index (χ3v) is 15.0. The van der Waals surface area contributed by atoms with Crippen LogP contribution in [0.5, 0.6) is 11.8 Å². The molecule has 0 radical (unpaired) electrons. The van der Waals surface area contributed by atoms with E-state index in [1.54, 1.807) is 0 Å². The molecule has 6 aromatic rings. The van der Waals surface area contributed by atoms with Gasteiger partial charge < -0.3 is 49.6 Å². The zero-order valence-electron chi connectivity index (χ0n) is 41.8. The van der Waals surface area contributed by atoms with Gasteiger partial charge in [0.05, 0.1) is 86.1 Å². The van der Waals surface area contributed by atoms with Crippen LogP contribution in [0.1, 0.15) is 21.0 Å². The number of aromatic hydroxyl groups is 2. The van der Waals surface area contributed by atoms with Crippen LogP contribution in [-0.4, -0.2) is 109 Å². The summed E-state index contributed by atoms with van der Waals surface area (Å²) in [5.74, 6) is -7.41. The fraction of sp³-hybridized carbons (Fsp3) is 0.111. The molecule has 6 rings (SSSR count). The molecular weight excluding hydrogens is 1260 g/mol. The van der Waals surface area contributed by atoms with Crippen molar-refractivity contribution in [2.45, 2.75) is 19.6 Å². The number of aromatic carboxylic acids is 2. The summed E-state index contributed by atoms with van der Waals surface area (Å²) < 4.78 is 139. The maximum Gasteiger partial charge on any atom is 1.00 e. The van der Waals surface area contributed by atoms with E-state index in [4.69, 9.17) is 4.18 Å². The molecule has 0 bridgehead atoms. The molecule has 2 aromatic heterocycles. The Morgan fingerprint density at radius 2 is 1.00 bits per heavy atom. The smallest absolute Gasteiger partial charge is 0.744 e. The molecule has 0 saturated carbocycles. The van der Waals surface area contributed by atoms with E-state index < -0.39 is 127 Å². The number of carboxylic acids is 2. The summed E-state index contributed by atoms with van der Waals surface area (Å²) in [5, 5.41) is 95.6. The van der Waals surface area contributed by atoms with Gasteiger partial charge in [0.15, 0.2) is 43.4 Å². The zero-order valence-corrected chi connectivity index (χ0v) is 58.7. The normalized spacial score (nSPS) is 11.6. The van der Waals surface area contributed by atoms with Crippen molar-refractivity contribution in [2.24, 2.45) is 20.5 Å². The molecule has 0 saturated heterocycles. The number of azo groups is 2. The maximum atomic E-state index is 12.7. The minimum absolute atomic E-state index is 0. The number of carboxylic acid groups (broad SMARTS) is 2. The van der Waals surface area contributed by atoms with E-state index in [1.807, 2.05) is 0 Å². The maximum absolute atomic E-state index is 12.7. The molecule has 0 atom stereocenters. The van der Waals surface area contributed by atoms with Crippen LogP contribution in [0.3, 0.4) is 0 Å². The minimum atomic E-state index is -5.47. The molecule has 2 heterocycles. The van der Waals surface area contributed by atoms with Crippen LogP contribution < -0.4 is 198 Å². The Morgan fingerprint density at radius 3 is 1.41 bits per heavy atom. The number of hydrogen-bond donors (Lipinski definition) is 2. The SMILES string of the molecule is O=C([O-])c1nn(-c2ccc(S(=O)(=O)CCOS(=O)(=O)[O-])cc2)c(O)c1N=Nc1ccc(-c2ccc(N=Nc3c(C(=O)[O-])nn(-c4ccc(S(=O)(=O)CCOSOO[O-])cc4)c3O)cc2S(=O)(=O)[O-])c(SOO[O-])c1.[Na+].[Na+].[Na+].[Na+].[Na+].[Na+]. The largest absolute Gasteiger partial charge is 1.00 e. The quantitative estimate of drug-likeness (QED) is 0.00785. The van der Waals surface area contributed by atoms with Gasteiger partial charge in [-0.3, -0.25) is 18.4 Å². The van der Waals surface area contributed by atoms with Gasteiger partial charge in [-0.05, 0) is 78.4 Å². The topological polar surface area (TPSA) is 490 Å². The van der Waals surface area contributed by atoms with E-state index in [2.05, 4.69) is 53.6 Å². The average molecular weight is 1280 g/mol. The fourth-order valence-corrected chi connectivity index (χ4v) is 10.2. The van der Waals surface area contributed by atoms with Crippen LogP contribution in [-0.2, 0) is 67.3 Å². The van der Waals surface area contributed by atoms with Crippen LogP contribution >= 0.6 is 24.4 Å². The Kier molecular flexibility index (Phi) is 34.7. The van der Waals surface area contributed by atoms with Crippen LogP contribution in [0.4, 0.5) is 22.7 Å². The predicted molar refractivity (Wildman–Crippen MR) is 231 cm³/mol. The van der Waals surface area contributed by atoms with Gasteiger partial charge in [-0.2, -0.15) is 34.1 Å². The van der Waals surface area contributed by atoms with Crippen molar-refractivity contribution in [1.29, 1.82) is 0 Å². The van der Waals surface area contributed by atoms with Gasteiger partial charge in [-0.1, -0.05) is 12.1 Å². The first-order valence-electron chi connectivity index (χ1n) is 19.1. The molecule has 0 aliphatic heterocycles. The van der Waals surface area contributed by atoms with E-state index in [0.717, 1.165) is 78.9 Å². The monoisotopic (exact) mass is 1280 g/mol. The number of aromatic nitrogens is 4. The van der Waals surface area contributed by atoms with Crippen molar-refractivity contribution in [3.05, 3.63) is 96.3 Å². The van der Waals surface area contributed by atoms with Crippen molar-refractivity contribution in [1.82, 2.24) is 19.6 Å². The molecule has 32 nitrogen and oxygen atoms in total. The second-order valence-corrected chi connectivity index (χ2v) is 21.6. The molecule has 0 spiro atoms. The van der Waals surface area contributed by atoms with Crippen molar-refractivity contribution in [2.75, 3.05) is 24.7 Å². The summed E-state index contributed by atoms with van der Waals surface area (Å²) in [6.07, 6.45) is 0. The first-order valence-corrected chi connectivity index (χ1v) is 26.6. The number of sulfone groups is 2. The van der Waals surface area contributed by atoms with E-state index in [9.17, 15) is 83.3 Å². The Balaban J connectivity index is 0.0000104. The summed E-state index contributed by atoms with van der Waals surface area (Å²) in [6, 6.07) is 14.6. The molecule has 0 aliphatic rings. The van der Waals surface area contributed by atoms with Crippen LogP contribution in [0.25, 0.3) is 22.5 Å². The average Bonchev–Trinajstić information content (AvgIpc) is 3.86. The zero-order chi connectivity index (χ0) is 54.2. The van der Waals surface area contributed by atoms with Crippen molar-refractivity contribution < 1.29 is 288 Å². The van der Waals surface area contributed by atoms with E-state index in [-0.39, 0.29) is 240 Å². The Morgan fingerprint density at radius 1 is 0.575 bits per heavy atom. The van der Waals surface area contributed by atoms with Gasteiger partial charge in [0.1, 0.15) is 21.5 Å². The second-order valence-electron chi connectivity index (χ2n) is 13.8. The van der Waals surface area contributed by atoms with Crippen LogP contribution in [0.15, 0.2) is 125 Å². The molecule has 80 heavy (non-hydrogen) atoms. The molecule has 0 amide bonds. The Bertz CT molecular complexity index is 3640. The molecule has 4 aromatic carbocycles. The van der Waals surface area contributed by atoms with Crippen LogP contribution in [0.2, 0.25) is 0 Å². The number of nitrogens with zero attached hydrogens (tertiary/aromatic N) is 8. The summed E-state index contributed by atoms with van der Waals surface area (Å²) >= 11 is 0.249. The van der Waals surface area contributed by atoms with Crippen molar-refractivity contribution in [3.63, 3.8) is 0 Å². The third-order valence-electron chi connectivity index (χ3n) is 9.23. The van der Waals surface area contributed by atoms with Gasteiger partial charge in [-0.25, -0.2) is 33.7 Å². The number of benzene rings is 4. The summed E-state index contributed by atoms with van der Waals surface area (Å²) in [5.41, 5.74) is -5.10. The number of hydrogen-bond acceptors (Lipinski definition) is 32. The molecule has 0 aliphatic carbocycles. The Hall–Kier alpha value is -0.860. The predicted octanol–water partition coefficient (Wildman–Crippen LogP) is -18.3. The second kappa shape index (κ2) is 35.1. The molecular formula is C36H24N8Na6O24S6. The molecule has 44 heteroatoms. The summed E-state index contributed by atoms with van der Waals surface area (Å²) in [4.78, 5) is 22.2. The third kappa shape index (κ3) is 21.2.